The second-order valence-electron chi connectivity index (χ2n) is 9.94. The first-order valence-electron chi connectivity index (χ1n) is 12.6. The van der Waals surface area contributed by atoms with E-state index in [2.05, 4.69) is 32.5 Å². The molecule has 1 aliphatic heterocycles. The largest absolute Gasteiger partial charge is 0.367 e. The van der Waals surface area contributed by atoms with Crippen molar-refractivity contribution < 1.29 is 8.78 Å². The van der Waals surface area contributed by atoms with Crippen molar-refractivity contribution in [3.05, 3.63) is 59.7 Å². The number of rotatable bonds is 6. The second-order valence-corrected chi connectivity index (χ2v) is 9.94. The number of nitrogens with one attached hydrogen (secondary N) is 2. The zero-order chi connectivity index (χ0) is 24.6. The maximum atomic E-state index is 14.3. The van der Waals surface area contributed by atoms with E-state index < -0.39 is 11.7 Å². The Hall–Kier alpha value is -3.46. The minimum Gasteiger partial charge on any atom is -0.367 e. The highest BCUT2D eigenvalue weighted by Crippen LogP contribution is 2.44. The van der Waals surface area contributed by atoms with Gasteiger partial charge in [-0.25, -0.2) is 23.7 Å². The molecular weight excluding hydrogens is 460 g/mol. The SMILES string of the molecule is CN1CCC(Nc2nc(-c3ccnc(NC4=C(F)CCC=C4F)c3)nc3cncc(C4CC4)c23)CC1. The summed E-state index contributed by atoms with van der Waals surface area (Å²) >= 11 is 0. The summed E-state index contributed by atoms with van der Waals surface area (Å²) in [5, 5.41) is 7.57. The minimum atomic E-state index is -0.601. The molecule has 1 saturated heterocycles. The smallest absolute Gasteiger partial charge is 0.162 e. The number of nitrogens with zero attached hydrogens (tertiary/aromatic N) is 5. The molecule has 3 aliphatic rings. The summed E-state index contributed by atoms with van der Waals surface area (Å²) in [6, 6.07) is 3.86. The Balaban J connectivity index is 1.38. The van der Waals surface area contributed by atoms with E-state index in [1.165, 1.54) is 11.6 Å². The lowest BCUT2D eigenvalue weighted by atomic mass is 10.0. The molecule has 3 aromatic rings. The van der Waals surface area contributed by atoms with Crippen LogP contribution in [0.2, 0.25) is 0 Å². The summed E-state index contributed by atoms with van der Waals surface area (Å²) in [5.41, 5.74) is 2.54. The molecule has 0 radical (unpaired) electrons. The zero-order valence-electron chi connectivity index (χ0n) is 20.3. The predicted octanol–water partition coefficient (Wildman–Crippen LogP) is 5.71. The lowest BCUT2D eigenvalue weighted by molar-refractivity contribution is 0.264. The second kappa shape index (κ2) is 9.54. The molecule has 0 aromatic carbocycles. The fourth-order valence-corrected chi connectivity index (χ4v) is 4.97. The van der Waals surface area contributed by atoms with Crippen molar-refractivity contribution in [1.29, 1.82) is 0 Å². The standard InChI is InChI=1S/C27H29F2N7/c1-36-11-8-18(9-12-36)32-27-24-19(16-5-6-16)14-30-15-22(24)33-26(35-27)17-7-10-31-23(13-17)34-25-20(28)3-2-4-21(25)29/h3,7,10,13-16,18H,2,4-6,8-9,11-12H2,1H3,(H,31,34)(H,32,33,35). The monoisotopic (exact) mass is 489 g/mol. The van der Waals surface area contributed by atoms with Gasteiger partial charge >= 0.3 is 0 Å². The lowest BCUT2D eigenvalue weighted by Crippen LogP contribution is -2.37. The molecule has 0 unspecified atom stereocenters. The molecule has 7 nitrogen and oxygen atoms in total. The third-order valence-corrected chi connectivity index (χ3v) is 7.18. The molecule has 0 spiro atoms. The third kappa shape index (κ3) is 4.67. The first-order chi connectivity index (χ1) is 17.5. The van der Waals surface area contributed by atoms with Crippen molar-refractivity contribution in [2.24, 2.45) is 0 Å². The van der Waals surface area contributed by atoms with Gasteiger partial charge in [0.15, 0.2) is 5.82 Å². The fraction of sp³-hybridized carbons (Fsp3) is 0.407. The number of halogens is 2. The van der Waals surface area contributed by atoms with E-state index in [0.29, 0.717) is 35.6 Å². The van der Waals surface area contributed by atoms with E-state index in [1.54, 1.807) is 18.5 Å². The van der Waals surface area contributed by atoms with Crippen LogP contribution in [0.25, 0.3) is 22.3 Å². The Morgan fingerprint density at radius 1 is 1.06 bits per heavy atom. The van der Waals surface area contributed by atoms with Gasteiger partial charge in [0.25, 0.3) is 0 Å². The Morgan fingerprint density at radius 3 is 2.67 bits per heavy atom. The van der Waals surface area contributed by atoms with E-state index in [1.807, 2.05) is 12.3 Å². The highest BCUT2D eigenvalue weighted by atomic mass is 19.1. The molecule has 6 rings (SSSR count). The zero-order valence-corrected chi connectivity index (χ0v) is 20.3. The molecule has 36 heavy (non-hydrogen) atoms. The van der Waals surface area contributed by atoms with Crippen LogP contribution in [0.1, 0.15) is 50.0 Å². The normalized spacial score (nSPS) is 19.5. The Morgan fingerprint density at radius 2 is 1.89 bits per heavy atom. The van der Waals surface area contributed by atoms with Gasteiger partial charge in [-0.1, -0.05) is 0 Å². The molecule has 2 fully saturated rings. The number of pyridine rings is 2. The first kappa shape index (κ1) is 23.0. The molecule has 0 bridgehead atoms. The highest BCUT2D eigenvalue weighted by Gasteiger charge is 2.29. The topological polar surface area (TPSA) is 78.9 Å². The third-order valence-electron chi connectivity index (χ3n) is 7.18. The van der Waals surface area contributed by atoms with Crippen LogP contribution in [0.4, 0.5) is 20.4 Å². The molecule has 0 amide bonds. The molecule has 4 heterocycles. The quantitative estimate of drug-likeness (QED) is 0.459. The van der Waals surface area contributed by atoms with Crippen molar-refractivity contribution in [3.8, 4) is 11.4 Å². The molecule has 186 valence electrons. The summed E-state index contributed by atoms with van der Waals surface area (Å²) in [6.45, 7) is 2.09. The number of likely N-dealkylation sites (tertiary alicyclic amines) is 1. The van der Waals surface area contributed by atoms with Gasteiger partial charge < -0.3 is 15.5 Å². The Labute approximate surface area is 208 Å². The van der Waals surface area contributed by atoms with Crippen LogP contribution in [0.15, 0.2) is 54.2 Å². The molecule has 2 aliphatic carbocycles. The minimum absolute atomic E-state index is 0.159. The number of piperidine rings is 1. The van der Waals surface area contributed by atoms with Crippen LogP contribution in [0.3, 0.4) is 0 Å². The number of allylic oxidation sites excluding steroid dienone is 3. The van der Waals surface area contributed by atoms with Gasteiger partial charge in [0.1, 0.15) is 29.0 Å². The van der Waals surface area contributed by atoms with Crippen LogP contribution in [-0.4, -0.2) is 51.0 Å². The average molecular weight is 490 g/mol. The molecule has 2 N–H and O–H groups in total. The molecular formula is C27H29F2N7. The van der Waals surface area contributed by atoms with E-state index in [-0.39, 0.29) is 12.1 Å². The Bertz CT molecular complexity index is 1360. The molecule has 3 aromatic heterocycles. The van der Waals surface area contributed by atoms with Crippen molar-refractivity contribution in [1.82, 2.24) is 24.8 Å². The van der Waals surface area contributed by atoms with E-state index in [4.69, 9.17) is 9.97 Å². The molecule has 0 atom stereocenters. The summed E-state index contributed by atoms with van der Waals surface area (Å²) in [5.74, 6) is 1.08. The van der Waals surface area contributed by atoms with Gasteiger partial charge in [-0.15, -0.1) is 0 Å². The van der Waals surface area contributed by atoms with Gasteiger partial charge in [0.2, 0.25) is 0 Å². The number of aromatic nitrogens is 4. The van der Waals surface area contributed by atoms with E-state index in [9.17, 15) is 8.78 Å². The number of anilines is 2. The first-order valence-corrected chi connectivity index (χ1v) is 12.6. The number of hydrogen-bond donors (Lipinski definition) is 2. The molecule has 1 saturated carbocycles. The maximum absolute atomic E-state index is 14.3. The van der Waals surface area contributed by atoms with Crippen LogP contribution in [0.5, 0.6) is 0 Å². The Kier molecular flexibility index (Phi) is 6.08. The molecule has 9 heteroatoms. The van der Waals surface area contributed by atoms with Crippen LogP contribution in [-0.2, 0) is 0 Å². The van der Waals surface area contributed by atoms with Gasteiger partial charge in [-0.2, -0.15) is 0 Å². The van der Waals surface area contributed by atoms with Crippen LogP contribution >= 0.6 is 0 Å². The average Bonchev–Trinajstić information content (AvgIpc) is 3.73. The van der Waals surface area contributed by atoms with Gasteiger partial charge in [-0.05, 0) is 81.9 Å². The van der Waals surface area contributed by atoms with Crippen molar-refractivity contribution in [3.63, 3.8) is 0 Å². The van der Waals surface area contributed by atoms with Gasteiger partial charge in [0, 0.05) is 35.8 Å². The van der Waals surface area contributed by atoms with Crippen molar-refractivity contribution in [2.75, 3.05) is 30.8 Å². The maximum Gasteiger partial charge on any atom is 0.162 e. The fourth-order valence-electron chi connectivity index (χ4n) is 4.97. The lowest BCUT2D eigenvalue weighted by Gasteiger charge is -2.30. The van der Waals surface area contributed by atoms with E-state index in [0.717, 1.165) is 55.5 Å². The van der Waals surface area contributed by atoms with E-state index >= 15 is 0 Å². The van der Waals surface area contributed by atoms with Crippen molar-refractivity contribution in [2.45, 2.75) is 50.5 Å². The van der Waals surface area contributed by atoms with Crippen LogP contribution in [0, 0.1) is 0 Å². The highest BCUT2D eigenvalue weighted by molar-refractivity contribution is 5.93. The van der Waals surface area contributed by atoms with Gasteiger partial charge in [0.05, 0.1) is 11.7 Å². The number of hydrogen-bond acceptors (Lipinski definition) is 7. The van der Waals surface area contributed by atoms with Gasteiger partial charge in [-0.3, -0.25) is 4.98 Å². The van der Waals surface area contributed by atoms with Crippen LogP contribution < -0.4 is 10.6 Å². The summed E-state index contributed by atoms with van der Waals surface area (Å²) < 4.78 is 28.5. The predicted molar refractivity (Wildman–Crippen MR) is 137 cm³/mol. The van der Waals surface area contributed by atoms with Crippen molar-refractivity contribution >= 4 is 22.5 Å². The summed E-state index contributed by atoms with van der Waals surface area (Å²) in [4.78, 5) is 20.9. The summed E-state index contributed by atoms with van der Waals surface area (Å²) in [7, 11) is 2.15. The number of fused-ring (bicyclic) bond motifs is 1. The summed E-state index contributed by atoms with van der Waals surface area (Å²) in [6.07, 6.45) is 11.6.